The molecule has 0 saturated heterocycles. The zero-order chi connectivity index (χ0) is 14.3. The minimum absolute atomic E-state index is 0. The quantitative estimate of drug-likeness (QED) is 0.458. The van der Waals surface area contributed by atoms with Crippen molar-refractivity contribution < 1.29 is 9.47 Å². The van der Waals surface area contributed by atoms with Crippen LogP contribution in [-0.2, 0) is 6.54 Å². The maximum atomic E-state index is 5.39. The minimum Gasteiger partial charge on any atom is -0.493 e. The first-order chi connectivity index (χ1) is 9.12. The molecule has 0 fully saturated rings. The molecule has 2 N–H and O–H groups in total. The Morgan fingerprint density at radius 3 is 2.45 bits per heavy atom. The highest BCUT2D eigenvalue weighted by Crippen LogP contribution is 2.30. The largest absolute Gasteiger partial charge is 0.493 e. The molecule has 0 unspecified atom stereocenters. The maximum Gasteiger partial charge on any atom is 0.191 e. The van der Waals surface area contributed by atoms with Crippen molar-refractivity contribution in [3.8, 4) is 11.5 Å². The van der Waals surface area contributed by atoms with Gasteiger partial charge in [-0.2, -0.15) is 0 Å². The van der Waals surface area contributed by atoms with Gasteiger partial charge in [0.25, 0.3) is 0 Å². The molecule has 20 heavy (non-hydrogen) atoms. The van der Waals surface area contributed by atoms with Gasteiger partial charge in [0.1, 0.15) is 0 Å². The monoisotopic (exact) mass is 393 g/mol. The fourth-order valence-corrected chi connectivity index (χ4v) is 1.74. The van der Waals surface area contributed by atoms with Crippen molar-refractivity contribution in [3.05, 3.63) is 23.8 Å². The summed E-state index contributed by atoms with van der Waals surface area (Å²) in [6.45, 7) is 4.75. The molecule has 0 aliphatic rings. The van der Waals surface area contributed by atoms with Crippen molar-refractivity contribution in [2.75, 3.05) is 21.3 Å². The summed E-state index contributed by atoms with van der Waals surface area (Å²) in [4.78, 5) is 4.16. The van der Waals surface area contributed by atoms with Gasteiger partial charge in [0, 0.05) is 25.2 Å². The number of para-hydroxylation sites is 1. The van der Waals surface area contributed by atoms with Crippen LogP contribution in [0.2, 0.25) is 0 Å². The Bertz CT molecular complexity index is 436. The molecule has 0 atom stereocenters. The number of guanidine groups is 1. The van der Waals surface area contributed by atoms with E-state index in [1.54, 1.807) is 21.3 Å². The number of halogens is 1. The van der Waals surface area contributed by atoms with Gasteiger partial charge in [-0.15, -0.1) is 24.0 Å². The summed E-state index contributed by atoms with van der Waals surface area (Å²) < 4.78 is 10.7. The highest BCUT2D eigenvalue weighted by Gasteiger charge is 2.09. The average molecular weight is 393 g/mol. The smallest absolute Gasteiger partial charge is 0.191 e. The van der Waals surface area contributed by atoms with Crippen molar-refractivity contribution >= 4 is 29.9 Å². The van der Waals surface area contributed by atoms with Gasteiger partial charge in [-0.05, 0) is 19.9 Å². The first-order valence-electron chi connectivity index (χ1n) is 6.29. The number of methoxy groups -OCH3 is 2. The molecule has 0 saturated carbocycles. The van der Waals surface area contributed by atoms with Gasteiger partial charge in [0.15, 0.2) is 17.5 Å². The molecule has 0 heterocycles. The van der Waals surface area contributed by atoms with Crippen molar-refractivity contribution in [3.63, 3.8) is 0 Å². The standard InChI is InChI=1S/C14H23N3O2.HI/c1-10(2)17-14(15-3)16-9-11-7-6-8-12(18-4)13(11)19-5;/h6-8,10H,9H2,1-5H3,(H2,15,16,17);1H. The van der Waals surface area contributed by atoms with E-state index in [1.165, 1.54) is 0 Å². The van der Waals surface area contributed by atoms with Gasteiger partial charge in [-0.1, -0.05) is 12.1 Å². The van der Waals surface area contributed by atoms with Crippen LogP contribution in [0, 0.1) is 0 Å². The topological polar surface area (TPSA) is 54.9 Å². The third-order valence-electron chi connectivity index (χ3n) is 2.58. The molecule has 0 aliphatic carbocycles. The van der Waals surface area contributed by atoms with Crippen molar-refractivity contribution in [1.29, 1.82) is 0 Å². The third-order valence-corrected chi connectivity index (χ3v) is 2.58. The van der Waals surface area contributed by atoms with Crippen LogP contribution in [0.5, 0.6) is 11.5 Å². The first-order valence-corrected chi connectivity index (χ1v) is 6.29. The van der Waals surface area contributed by atoms with Crippen LogP contribution < -0.4 is 20.1 Å². The number of hydrogen-bond donors (Lipinski definition) is 2. The molecule has 5 nitrogen and oxygen atoms in total. The molecule has 0 spiro atoms. The highest BCUT2D eigenvalue weighted by atomic mass is 127. The number of aliphatic imine (C=N–C) groups is 1. The van der Waals surface area contributed by atoms with Gasteiger partial charge in [-0.3, -0.25) is 4.99 Å². The number of nitrogens with zero attached hydrogens (tertiary/aromatic N) is 1. The summed E-state index contributed by atoms with van der Waals surface area (Å²) in [5.74, 6) is 2.24. The summed E-state index contributed by atoms with van der Waals surface area (Å²) >= 11 is 0. The summed E-state index contributed by atoms with van der Waals surface area (Å²) in [6, 6.07) is 6.15. The molecular weight excluding hydrogens is 369 g/mol. The van der Waals surface area contributed by atoms with E-state index < -0.39 is 0 Å². The summed E-state index contributed by atoms with van der Waals surface area (Å²) in [5.41, 5.74) is 1.02. The lowest BCUT2D eigenvalue weighted by Crippen LogP contribution is -2.40. The zero-order valence-corrected chi connectivity index (χ0v) is 15.0. The normalized spacial score (nSPS) is 10.8. The first kappa shape index (κ1) is 18.8. The van der Waals surface area contributed by atoms with Crippen LogP contribution >= 0.6 is 24.0 Å². The maximum absolute atomic E-state index is 5.39. The molecule has 1 aromatic rings. The highest BCUT2D eigenvalue weighted by molar-refractivity contribution is 14.0. The molecular formula is C14H24IN3O2. The van der Waals surface area contributed by atoms with Gasteiger partial charge >= 0.3 is 0 Å². The fourth-order valence-electron chi connectivity index (χ4n) is 1.74. The second-order valence-electron chi connectivity index (χ2n) is 4.38. The molecule has 1 aromatic carbocycles. The van der Waals surface area contributed by atoms with E-state index in [0.717, 1.165) is 23.0 Å². The van der Waals surface area contributed by atoms with E-state index in [2.05, 4.69) is 29.5 Å². The lowest BCUT2D eigenvalue weighted by molar-refractivity contribution is 0.351. The van der Waals surface area contributed by atoms with Crippen LogP contribution in [-0.4, -0.2) is 33.3 Å². The third kappa shape index (κ3) is 5.44. The predicted octanol–water partition coefficient (Wildman–Crippen LogP) is 2.40. The van der Waals surface area contributed by atoms with Crippen LogP contribution in [0.4, 0.5) is 0 Å². The molecule has 0 aliphatic heterocycles. The number of benzene rings is 1. The van der Waals surface area contributed by atoms with Crippen LogP contribution in [0.3, 0.4) is 0 Å². The number of ether oxygens (including phenoxy) is 2. The molecule has 0 bridgehead atoms. The second-order valence-corrected chi connectivity index (χ2v) is 4.38. The second kappa shape index (κ2) is 9.68. The minimum atomic E-state index is 0. The van der Waals surface area contributed by atoms with Gasteiger partial charge < -0.3 is 20.1 Å². The summed E-state index contributed by atoms with van der Waals surface area (Å²) in [5, 5.41) is 6.48. The number of hydrogen-bond acceptors (Lipinski definition) is 3. The summed E-state index contributed by atoms with van der Waals surface area (Å²) in [6.07, 6.45) is 0. The van der Waals surface area contributed by atoms with Crippen molar-refractivity contribution in [2.45, 2.75) is 26.4 Å². The Morgan fingerprint density at radius 1 is 1.25 bits per heavy atom. The van der Waals surface area contributed by atoms with E-state index >= 15 is 0 Å². The van der Waals surface area contributed by atoms with Crippen LogP contribution in [0.15, 0.2) is 23.2 Å². The number of rotatable bonds is 5. The van der Waals surface area contributed by atoms with Crippen molar-refractivity contribution in [2.24, 2.45) is 4.99 Å². The molecule has 6 heteroatoms. The fraction of sp³-hybridized carbons (Fsp3) is 0.500. The van der Waals surface area contributed by atoms with Gasteiger partial charge in [-0.25, -0.2) is 0 Å². The Balaban J connectivity index is 0.00000361. The van der Waals surface area contributed by atoms with Crippen molar-refractivity contribution in [1.82, 2.24) is 10.6 Å². The summed E-state index contributed by atoms with van der Waals surface area (Å²) in [7, 11) is 5.03. The average Bonchev–Trinajstić information content (AvgIpc) is 2.42. The SMILES string of the molecule is CN=C(NCc1cccc(OC)c1OC)NC(C)C.I. The Labute approximate surface area is 138 Å². The van der Waals surface area contributed by atoms with Gasteiger partial charge in [0.05, 0.1) is 14.2 Å². The molecule has 1 rings (SSSR count). The van der Waals surface area contributed by atoms with Crippen LogP contribution in [0.25, 0.3) is 0 Å². The van der Waals surface area contributed by atoms with E-state index in [4.69, 9.17) is 9.47 Å². The van der Waals surface area contributed by atoms with E-state index in [1.807, 2.05) is 18.2 Å². The van der Waals surface area contributed by atoms with Crippen LogP contribution in [0.1, 0.15) is 19.4 Å². The Hall–Kier alpha value is -1.18. The number of nitrogens with one attached hydrogen (secondary N) is 2. The van der Waals surface area contributed by atoms with E-state index in [9.17, 15) is 0 Å². The predicted molar refractivity (Wildman–Crippen MR) is 93.4 cm³/mol. The lowest BCUT2D eigenvalue weighted by atomic mass is 10.2. The Morgan fingerprint density at radius 2 is 1.95 bits per heavy atom. The Kier molecular flexibility index (Phi) is 9.11. The van der Waals surface area contributed by atoms with E-state index in [-0.39, 0.29) is 24.0 Å². The lowest BCUT2D eigenvalue weighted by Gasteiger charge is -2.16. The molecule has 0 amide bonds. The van der Waals surface area contributed by atoms with E-state index in [0.29, 0.717) is 12.6 Å². The zero-order valence-electron chi connectivity index (χ0n) is 12.7. The molecule has 0 aromatic heterocycles. The van der Waals surface area contributed by atoms with Gasteiger partial charge in [0.2, 0.25) is 0 Å². The molecule has 0 radical (unpaired) electrons. The molecule has 114 valence electrons.